The Kier molecular flexibility index (Phi) is 4.33. The molecule has 19 heavy (non-hydrogen) atoms. The normalized spacial score (nSPS) is 17.2. The molecule has 3 heteroatoms. The van der Waals surface area contributed by atoms with Crippen molar-refractivity contribution in [2.45, 2.75) is 53.0 Å². The minimum Gasteiger partial charge on any atom is -0.346 e. The van der Waals surface area contributed by atoms with Crippen molar-refractivity contribution in [3.63, 3.8) is 0 Å². The Balaban J connectivity index is 1.94. The van der Waals surface area contributed by atoms with Gasteiger partial charge in [0.25, 0.3) is 0 Å². The summed E-state index contributed by atoms with van der Waals surface area (Å²) in [6, 6.07) is 4.94. The van der Waals surface area contributed by atoms with Crippen molar-refractivity contribution in [2.75, 3.05) is 13.1 Å². The quantitative estimate of drug-likeness (QED) is 0.820. The van der Waals surface area contributed by atoms with E-state index >= 15 is 0 Å². The third-order valence-corrected chi connectivity index (χ3v) is 4.09. The van der Waals surface area contributed by atoms with Gasteiger partial charge in [0.05, 0.1) is 0 Å². The number of rotatable bonds is 3. The Morgan fingerprint density at radius 2 is 1.74 bits per heavy atom. The zero-order valence-corrected chi connectivity index (χ0v) is 12.6. The van der Waals surface area contributed by atoms with Crippen LogP contribution >= 0.6 is 0 Å². The van der Waals surface area contributed by atoms with E-state index in [-0.39, 0.29) is 0 Å². The summed E-state index contributed by atoms with van der Waals surface area (Å²) in [4.78, 5) is 14.1. The maximum Gasteiger partial charge on any atom is 0.222 e. The highest BCUT2D eigenvalue weighted by Crippen LogP contribution is 2.26. The van der Waals surface area contributed by atoms with Crippen molar-refractivity contribution >= 4 is 5.91 Å². The second-order valence-corrected chi connectivity index (χ2v) is 6.20. The van der Waals surface area contributed by atoms with Crippen LogP contribution in [0.3, 0.4) is 0 Å². The number of carbonyl (C=O) groups excluding carboxylic acids is 1. The topological polar surface area (TPSA) is 25.2 Å². The van der Waals surface area contributed by atoms with Gasteiger partial charge in [-0.05, 0) is 44.7 Å². The number of hydrogen-bond acceptors (Lipinski definition) is 1. The molecular formula is C16H26N2O. The van der Waals surface area contributed by atoms with Crippen LogP contribution in [0.1, 0.15) is 50.5 Å². The molecule has 1 amide bonds. The van der Waals surface area contributed by atoms with Crippen LogP contribution in [0.15, 0.2) is 12.1 Å². The fourth-order valence-electron chi connectivity index (χ4n) is 3.11. The minimum absolute atomic E-state index is 0.328. The lowest BCUT2D eigenvalue weighted by Crippen LogP contribution is -2.39. The monoisotopic (exact) mass is 262 g/mol. The Morgan fingerprint density at radius 3 is 2.21 bits per heavy atom. The molecule has 0 atom stereocenters. The molecule has 0 N–H and O–H groups in total. The van der Waals surface area contributed by atoms with Crippen molar-refractivity contribution in [3.8, 4) is 0 Å². The van der Waals surface area contributed by atoms with Gasteiger partial charge in [0.2, 0.25) is 5.91 Å². The van der Waals surface area contributed by atoms with Crippen LogP contribution in [-0.2, 0) is 4.79 Å². The first kappa shape index (κ1) is 14.2. The summed E-state index contributed by atoms with van der Waals surface area (Å²) in [7, 11) is 0. The van der Waals surface area contributed by atoms with Crippen LogP contribution in [0.5, 0.6) is 0 Å². The molecule has 1 aromatic heterocycles. The first-order valence-corrected chi connectivity index (χ1v) is 7.41. The van der Waals surface area contributed by atoms with E-state index in [1.807, 2.05) is 4.90 Å². The van der Waals surface area contributed by atoms with Gasteiger partial charge in [-0.2, -0.15) is 0 Å². The second kappa shape index (κ2) is 5.81. The summed E-state index contributed by atoms with van der Waals surface area (Å²) in [6.07, 6.45) is 2.85. The molecule has 2 heterocycles. The number of nitrogens with zero attached hydrogens (tertiary/aromatic N) is 2. The van der Waals surface area contributed by atoms with E-state index in [9.17, 15) is 4.79 Å². The first-order valence-electron chi connectivity index (χ1n) is 7.41. The summed E-state index contributed by atoms with van der Waals surface area (Å²) in [5.74, 6) is 0.786. The third-order valence-electron chi connectivity index (χ3n) is 4.09. The molecule has 1 aliphatic rings. The molecular weight excluding hydrogens is 236 g/mol. The molecule has 0 aliphatic carbocycles. The summed E-state index contributed by atoms with van der Waals surface area (Å²) in [5, 5.41) is 0. The largest absolute Gasteiger partial charge is 0.346 e. The lowest BCUT2D eigenvalue weighted by atomic mass is 10.0. The van der Waals surface area contributed by atoms with Crippen LogP contribution in [-0.4, -0.2) is 28.5 Å². The summed E-state index contributed by atoms with van der Waals surface area (Å²) >= 11 is 0. The Morgan fingerprint density at radius 1 is 1.21 bits per heavy atom. The van der Waals surface area contributed by atoms with Gasteiger partial charge in [-0.25, -0.2) is 0 Å². The number of carbonyl (C=O) groups is 1. The molecule has 3 nitrogen and oxygen atoms in total. The van der Waals surface area contributed by atoms with Crippen molar-refractivity contribution in [2.24, 2.45) is 5.92 Å². The second-order valence-electron chi connectivity index (χ2n) is 6.20. The van der Waals surface area contributed by atoms with Crippen molar-refractivity contribution in [1.29, 1.82) is 0 Å². The van der Waals surface area contributed by atoms with E-state index in [0.717, 1.165) is 25.9 Å². The average molecular weight is 262 g/mol. The molecule has 0 radical (unpaired) electrons. The van der Waals surface area contributed by atoms with Crippen molar-refractivity contribution < 1.29 is 4.79 Å². The fraction of sp³-hybridized carbons (Fsp3) is 0.688. The predicted octanol–water partition coefficient (Wildman–Crippen LogP) is 3.31. The fourth-order valence-corrected chi connectivity index (χ4v) is 3.11. The van der Waals surface area contributed by atoms with Gasteiger partial charge in [-0.15, -0.1) is 0 Å². The van der Waals surface area contributed by atoms with E-state index in [1.54, 1.807) is 0 Å². The molecule has 2 rings (SSSR count). The number of piperidine rings is 1. The molecule has 1 aromatic rings. The Bertz CT molecular complexity index is 420. The zero-order chi connectivity index (χ0) is 14.0. The minimum atomic E-state index is 0.328. The van der Waals surface area contributed by atoms with Crippen molar-refractivity contribution in [3.05, 3.63) is 23.5 Å². The Labute approximate surface area is 116 Å². The number of aromatic nitrogens is 1. The molecule has 1 saturated heterocycles. The van der Waals surface area contributed by atoms with Gasteiger partial charge < -0.3 is 9.47 Å². The zero-order valence-electron chi connectivity index (χ0n) is 12.6. The first-order chi connectivity index (χ1) is 8.99. The van der Waals surface area contributed by atoms with Gasteiger partial charge in [-0.1, -0.05) is 13.8 Å². The summed E-state index contributed by atoms with van der Waals surface area (Å²) in [5.41, 5.74) is 2.67. The predicted molar refractivity (Wildman–Crippen MR) is 78.2 cm³/mol. The number of amides is 1. The van der Waals surface area contributed by atoms with Gasteiger partial charge >= 0.3 is 0 Å². The van der Waals surface area contributed by atoms with E-state index in [1.165, 1.54) is 11.4 Å². The van der Waals surface area contributed by atoms with Crippen LogP contribution in [0.4, 0.5) is 0 Å². The maximum atomic E-state index is 12.1. The SMILES string of the molecule is Cc1ccc(C)n1C1CCN(C(=O)CC(C)C)CC1. The molecule has 0 bridgehead atoms. The summed E-state index contributed by atoms with van der Waals surface area (Å²) < 4.78 is 2.43. The molecule has 0 saturated carbocycles. The average Bonchev–Trinajstić information content (AvgIpc) is 2.68. The lowest BCUT2D eigenvalue weighted by molar-refractivity contribution is -0.133. The molecule has 1 aliphatic heterocycles. The highest BCUT2D eigenvalue weighted by Gasteiger charge is 2.24. The highest BCUT2D eigenvalue weighted by molar-refractivity contribution is 5.76. The third kappa shape index (κ3) is 3.20. The van der Waals surface area contributed by atoms with Gasteiger partial charge in [0.15, 0.2) is 0 Å². The smallest absolute Gasteiger partial charge is 0.222 e. The van der Waals surface area contributed by atoms with E-state index in [2.05, 4.69) is 44.4 Å². The van der Waals surface area contributed by atoms with Crippen LogP contribution in [0.25, 0.3) is 0 Å². The van der Waals surface area contributed by atoms with Crippen LogP contribution in [0.2, 0.25) is 0 Å². The Hall–Kier alpha value is -1.25. The van der Waals surface area contributed by atoms with Gasteiger partial charge in [0, 0.05) is 36.9 Å². The van der Waals surface area contributed by atoms with Crippen molar-refractivity contribution in [1.82, 2.24) is 9.47 Å². The van der Waals surface area contributed by atoms with Crippen LogP contribution < -0.4 is 0 Å². The maximum absolute atomic E-state index is 12.1. The van der Waals surface area contributed by atoms with Crippen LogP contribution in [0, 0.1) is 19.8 Å². The number of hydrogen-bond donors (Lipinski definition) is 0. The van der Waals surface area contributed by atoms with E-state index in [4.69, 9.17) is 0 Å². The molecule has 106 valence electrons. The number of likely N-dealkylation sites (tertiary alicyclic amines) is 1. The summed E-state index contributed by atoms with van der Waals surface area (Å²) in [6.45, 7) is 10.4. The van der Waals surface area contributed by atoms with Gasteiger partial charge in [-0.3, -0.25) is 4.79 Å². The lowest BCUT2D eigenvalue weighted by Gasteiger charge is -2.34. The van der Waals surface area contributed by atoms with E-state index in [0.29, 0.717) is 24.3 Å². The molecule has 0 spiro atoms. The standard InChI is InChI=1S/C16H26N2O/c1-12(2)11-16(19)17-9-7-15(8-10-17)18-13(3)5-6-14(18)4/h5-6,12,15H,7-11H2,1-4H3. The molecule has 0 aromatic carbocycles. The van der Waals surface area contributed by atoms with Gasteiger partial charge in [0.1, 0.15) is 0 Å². The van der Waals surface area contributed by atoms with E-state index < -0.39 is 0 Å². The number of aryl methyl sites for hydroxylation is 2. The molecule has 0 unspecified atom stereocenters. The molecule has 1 fully saturated rings. The highest BCUT2D eigenvalue weighted by atomic mass is 16.2.